The predicted octanol–water partition coefficient (Wildman–Crippen LogP) is 2.91. The zero-order valence-electron chi connectivity index (χ0n) is 14.7. The molecule has 6 heteroatoms. The van der Waals surface area contributed by atoms with E-state index in [0.717, 1.165) is 16.9 Å². The molecular weight excluding hydrogens is 338 g/mol. The Bertz CT molecular complexity index is 812. The SMILES string of the molecule is CC[C@@H](NC(=O)Cc1ccc(OC)cc1)c1ccc(S(C)(=O)=O)cc1. The predicted molar refractivity (Wildman–Crippen MR) is 97.4 cm³/mol. The Hall–Kier alpha value is -2.34. The fraction of sp³-hybridized carbons (Fsp3) is 0.316. The van der Waals surface area contributed by atoms with Gasteiger partial charge in [-0.3, -0.25) is 4.79 Å². The Kier molecular flexibility index (Phi) is 6.20. The van der Waals surface area contributed by atoms with Crippen LogP contribution in [-0.4, -0.2) is 27.7 Å². The summed E-state index contributed by atoms with van der Waals surface area (Å²) in [5.74, 6) is 0.672. The van der Waals surface area contributed by atoms with E-state index in [9.17, 15) is 13.2 Å². The molecule has 0 radical (unpaired) electrons. The standard InChI is InChI=1S/C19H23NO4S/c1-4-18(15-7-11-17(12-8-15)25(3,22)23)20-19(21)13-14-5-9-16(24-2)10-6-14/h5-12,18H,4,13H2,1-3H3,(H,20,21)/t18-/m1/s1. The van der Waals surface area contributed by atoms with Gasteiger partial charge in [0.25, 0.3) is 0 Å². The average Bonchev–Trinajstić information content (AvgIpc) is 2.59. The van der Waals surface area contributed by atoms with Crippen molar-refractivity contribution in [1.82, 2.24) is 5.32 Å². The van der Waals surface area contributed by atoms with Crippen LogP contribution in [0, 0.1) is 0 Å². The molecule has 0 heterocycles. The van der Waals surface area contributed by atoms with E-state index >= 15 is 0 Å². The maximum absolute atomic E-state index is 12.3. The molecule has 1 N–H and O–H groups in total. The third-order valence-corrected chi connectivity index (χ3v) is 5.11. The fourth-order valence-corrected chi connectivity index (χ4v) is 3.17. The van der Waals surface area contributed by atoms with Gasteiger partial charge in [-0.15, -0.1) is 0 Å². The van der Waals surface area contributed by atoms with Crippen LogP contribution in [0.3, 0.4) is 0 Å². The number of amides is 1. The highest BCUT2D eigenvalue weighted by atomic mass is 32.2. The van der Waals surface area contributed by atoms with Crippen molar-refractivity contribution in [3.8, 4) is 5.75 Å². The summed E-state index contributed by atoms with van der Waals surface area (Å²) in [6, 6.07) is 13.9. The summed E-state index contributed by atoms with van der Waals surface area (Å²) in [6.07, 6.45) is 2.17. The second-order valence-electron chi connectivity index (χ2n) is 5.89. The third kappa shape index (κ3) is 5.32. The van der Waals surface area contributed by atoms with Gasteiger partial charge in [0, 0.05) is 6.26 Å². The number of carbonyl (C=O) groups is 1. The largest absolute Gasteiger partial charge is 0.497 e. The zero-order valence-corrected chi connectivity index (χ0v) is 15.5. The van der Waals surface area contributed by atoms with Crippen molar-refractivity contribution in [2.24, 2.45) is 0 Å². The third-order valence-electron chi connectivity index (χ3n) is 3.98. The minimum absolute atomic E-state index is 0.0794. The minimum atomic E-state index is -3.22. The molecule has 0 aromatic heterocycles. The summed E-state index contributed by atoms with van der Waals surface area (Å²) in [4.78, 5) is 12.6. The lowest BCUT2D eigenvalue weighted by Crippen LogP contribution is -2.29. The molecule has 0 unspecified atom stereocenters. The van der Waals surface area contributed by atoms with Crippen molar-refractivity contribution < 1.29 is 17.9 Å². The van der Waals surface area contributed by atoms with E-state index in [1.165, 1.54) is 6.26 Å². The van der Waals surface area contributed by atoms with Gasteiger partial charge in [-0.05, 0) is 41.8 Å². The van der Waals surface area contributed by atoms with Gasteiger partial charge < -0.3 is 10.1 Å². The zero-order chi connectivity index (χ0) is 18.4. The van der Waals surface area contributed by atoms with Gasteiger partial charge in [0.05, 0.1) is 24.5 Å². The molecule has 2 aromatic carbocycles. The number of hydrogen-bond acceptors (Lipinski definition) is 4. The maximum atomic E-state index is 12.3. The molecule has 0 saturated carbocycles. The molecule has 1 atom stereocenters. The number of methoxy groups -OCH3 is 1. The maximum Gasteiger partial charge on any atom is 0.224 e. The lowest BCUT2D eigenvalue weighted by Gasteiger charge is -2.18. The average molecular weight is 361 g/mol. The van der Waals surface area contributed by atoms with E-state index in [2.05, 4.69) is 5.32 Å². The number of ether oxygens (including phenoxy) is 1. The van der Waals surface area contributed by atoms with Gasteiger partial charge in [-0.1, -0.05) is 31.2 Å². The van der Waals surface area contributed by atoms with Crippen LogP contribution in [0.25, 0.3) is 0 Å². The molecule has 0 aliphatic rings. The molecule has 0 aliphatic carbocycles. The topological polar surface area (TPSA) is 72.5 Å². The number of nitrogens with one attached hydrogen (secondary N) is 1. The molecule has 0 saturated heterocycles. The molecule has 1 amide bonds. The lowest BCUT2D eigenvalue weighted by atomic mass is 10.0. The van der Waals surface area contributed by atoms with Crippen molar-refractivity contribution in [1.29, 1.82) is 0 Å². The number of hydrogen-bond donors (Lipinski definition) is 1. The fourth-order valence-electron chi connectivity index (χ4n) is 2.54. The molecule has 0 spiro atoms. The normalized spacial score (nSPS) is 12.4. The van der Waals surface area contributed by atoms with Crippen LogP contribution in [-0.2, 0) is 21.1 Å². The van der Waals surface area contributed by atoms with E-state index in [-0.39, 0.29) is 23.3 Å². The highest BCUT2D eigenvalue weighted by Crippen LogP contribution is 2.19. The Labute approximate surface area is 148 Å². The van der Waals surface area contributed by atoms with Crippen LogP contribution in [0.5, 0.6) is 5.75 Å². The molecule has 0 fully saturated rings. The van der Waals surface area contributed by atoms with E-state index < -0.39 is 9.84 Å². The number of sulfone groups is 1. The van der Waals surface area contributed by atoms with Crippen LogP contribution in [0.15, 0.2) is 53.4 Å². The number of rotatable bonds is 7. The first-order chi connectivity index (χ1) is 11.8. The van der Waals surface area contributed by atoms with E-state index in [1.54, 1.807) is 31.4 Å². The number of carbonyl (C=O) groups excluding carboxylic acids is 1. The summed E-state index contributed by atoms with van der Waals surface area (Å²) in [7, 11) is -1.62. The van der Waals surface area contributed by atoms with Crippen molar-refractivity contribution >= 4 is 15.7 Å². The van der Waals surface area contributed by atoms with E-state index in [0.29, 0.717) is 6.42 Å². The Balaban J connectivity index is 2.03. The monoisotopic (exact) mass is 361 g/mol. The summed E-state index contributed by atoms with van der Waals surface area (Å²) in [5.41, 5.74) is 1.79. The van der Waals surface area contributed by atoms with Gasteiger partial charge in [-0.2, -0.15) is 0 Å². The summed E-state index contributed by atoms with van der Waals surface area (Å²) in [5, 5.41) is 3.00. The van der Waals surface area contributed by atoms with Gasteiger partial charge >= 0.3 is 0 Å². The Morgan fingerprint density at radius 2 is 1.68 bits per heavy atom. The second-order valence-corrected chi connectivity index (χ2v) is 7.91. The molecule has 2 aromatic rings. The summed E-state index contributed by atoms with van der Waals surface area (Å²) >= 11 is 0. The lowest BCUT2D eigenvalue weighted by molar-refractivity contribution is -0.121. The van der Waals surface area contributed by atoms with Crippen LogP contribution in [0.1, 0.15) is 30.5 Å². The molecule has 25 heavy (non-hydrogen) atoms. The van der Waals surface area contributed by atoms with Crippen molar-refractivity contribution in [2.75, 3.05) is 13.4 Å². The first kappa shape index (κ1) is 19.0. The molecule has 134 valence electrons. The molecule has 2 rings (SSSR count). The van der Waals surface area contributed by atoms with Crippen molar-refractivity contribution in [3.05, 3.63) is 59.7 Å². The van der Waals surface area contributed by atoms with Crippen molar-refractivity contribution in [2.45, 2.75) is 30.7 Å². The van der Waals surface area contributed by atoms with Gasteiger partial charge in [0.15, 0.2) is 9.84 Å². The first-order valence-corrected chi connectivity index (χ1v) is 9.95. The van der Waals surface area contributed by atoms with Gasteiger partial charge in [0.2, 0.25) is 5.91 Å². The molecular formula is C19H23NO4S. The second kappa shape index (κ2) is 8.16. The Morgan fingerprint density at radius 3 is 2.16 bits per heavy atom. The first-order valence-electron chi connectivity index (χ1n) is 8.05. The summed E-state index contributed by atoms with van der Waals surface area (Å²) < 4.78 is 28.2. The van der Waals surface area contributed by atoms with Crippen LogP contribution >= 0.6 is 0 Å². The van der Waals surface area contributed by atoms with Crippen LogP contribution in [0.4, 0.5) is 0 Å². The molecule has 5 nitrogen and oxygen atoms in total. The van der Waals surface area contributed by atoms with Crippen LogP contribution < -0.4 is 10.1 Å². The molecule has 0 aliphatic heterocycles. The van der Waals surface area contributed by atoms with E-state index in [4.69, 9.17) is 4.74 Å². The smallest absolute Gasteiger partial charge is 0.224 e. The highest BCUT2D eigenvalue weighted by Gasteiger charge is 2.14. The minimum Gasteiger partial charge on any atom is -0.497 e. The van der Waals surface area contributed by atoms with Gasteiger partial charge in [-0.25, -0.2) is 8.42 Å². The Morgan fingerprint density at radius 1 is 1.08 bits per heavy atom. The quantitative estimate of drug-likeness (QED) is 0.823. The highest BCUT2D eigenvalue weighted by molar-refractivity contribution is 7.90. The summed E-state index contributed by atoms with van der Waals surface area (Å²) in [6.45, 7) is 1.98. The number of benzene rings is 2. The van der Waals surface area contributed by atoms with Gasteiger partial charge in [0.1, 0.15) is 5.75 Å². The van der Waals surface area contributed by atoms with Crippen LogP contribution in [0.2, 0.25) is 0 Å². The molecule has 0 bridgehead atoms. The van der Waals surface area contributed by atoms with Crippen molar-refractivity contribution in [3.63, 3.8) is 0 Å². The van der Waals surface area contributed by atoms with E-state index in [1.807, 2.05) is 31.2 Å².